The van der Waals surface area contributed by atoms with E-state index in [1.807, 2.05) is 67.4 Å². The van der Waals surface area contributed by atoms with Crippen LogP contribution < -0.4 is 5.01 Å². The topological polar surface area (TPSA) is 92.8 Å². The Morgan fingerprint density at radius 2 is 1.62 bits per heavy atom. The van der Waals surface area contributed by atoms with E-state index in [-0.39, 0.29) is 17.4 Å². The molecule has 174 valence electrons. The number of nitro benzene ring substituents is 2. The van der Waals surface area contributed by atoms with E-state index in [2.05, 4.69) is 23.7 Å². The first kappa shape index (κ1) is 23.1. The molecule has 4 rings (SSSR count). The zero-order valence-corrected chi connectivity index (χ0v) is 19.1. The third kappa shape index (κ3) is 4.15. The van der Waals surface area contributed by atoms with E-state index < -0.39 is 15.4 Å². The lowest BCUT2D eigenvalue weighted by molar-refractivity contribution is -0.393. The highest BCUT2D eigenvalue weighted by molar-refractivity contribution is 5.69. The molecule has 0 N–H and O–H groups in total. The minimum atomic E-state index is -0.657. The molecule has 0 amide bonds. The molecule has 8 heteroatoms. The SMILES string of the molecule is C=C(C)[C@]1(C)CC(c2ccccc2)N(Cc2ccccc2)N1c1ccc([N+](=O)[O-])cc1[N+](=O)[O-]. The van der Waals surface area contributed by atoms with Crippen LogP contribution in [0.25, 0.3) is 0 Å². The van der Waals surface area contributed by atoms with Crippen molar-refractivity contribution in [2.24, 2.45) is 0 Å². The summed E-state index contributed by atoms with van der Waals surface area (Å²) in [5, 5.41) is 27.4. The molecule has 0 radical (unpaired) electrons. The molecular formula is C26H26N4O4. The first-order valence-electron chi connectivity index (χ1n) is 11.0. The summed E-state index contributed by atoms with van der Waals surface area (Å²) >= 11 is 0. The van der Waals surface area contributed by atoms with E-state index in [0.717, 1.165) is 22.8 Å². The molecule has 2 atom stereocenters. The highest BCUT2D eigenvalue weighted by Crippen LogP contribution is 2.51. The fourth-order valence-corrected chi connectivity index (χ4v) is 4.62. The van der Waals surface area contributed by atoms with Crippen LogP contribution >= 0.6 is 0 Å². The number of benzene rings is 3. The van der Waals surface area contributed by atoms with Crippen molar-refractivity contribution in [3.63, 3.8) is 0 Å². The number of nitro groups is 2. The number of hydrogen-bond acceptors (Lipinski definition) is 6. The molecular weight excluding hydrogens is 432 g/mol. The molecule has 1 heterocycles. The molecule has 34 heavy (non-hydrogen) atoms. The van der Waals surface area contributed by atoms with Crippen molar-refractivity contribution in [2.75, 3.05) is 5.01 Å². The lowest BCUT2D eigenvalue weighted by Crippen LogP contribution is -2.49. The molecule has 8 nitrogen and oxygen atoms in total. The van der Waals surface area contributed by atoms with Crippen LogP contribution in [-0.2, 0) is 6.54 Å². The van der Waals surface area contributed by atoms with Gasteiger partial charge in [0.05, 0.1) is 27.5 Å². The maximum Gasteiger partial charge on any atom is 0.300 e. The predicted molar refractivity (Wildman–Crippen MR) is 131 cm³/mol. The first-order valence-corrected chi connectivity index (χ1v) is 11.0. The number of hydrogen-bond donors (Lipinski definition) is 0. The lowest BCUT2D eigenvalue weighted by Gasteiger charge is -2.41. The number of nitrogens with zero attached hydrogens (tertiary/aromatic N) is 4. The molecule has 0 bridgehead atoms. The van der Waals surface area contributed by atoms with Crippen molar-refractivity contribution < 1.29 is 9.85 Å². The van der Waals surface area contributed by atoms with Gasteiger partial charge in [0.15, 0.2) is 0 Å². The molecule has 0 saturated carbocycles. The Bertz CT molecular complexity index is 1230. The van der Waals surface area contributed by atoms with Crippen molar-refractivity contribution in [2.45, 2.75) is 38.4 Å². The number of hydrazine groups is 1. The second-order valence-electron chi connectivity index (χ2n) is 8.77. The Hall–Kier alpha value is -4.04. The summed E-state index contributed by atoms with van der Waals surface area (Å²) in [6.07, 6.45) is 0.646. The van der Waals surface area contributed by atoms with Crippen LogP contribution in [0.3, 0.4) is 0 Å². The average Bonchev–Trinajstić information content (AvgIpc) is 3.13. The van der Waals surface area contributed by atoms with Gasteiger partial charge in [-0.25, -0.2) is 5.01 Å². The van der Waals surface area contributed by atoms with E-state index in [0.29, 0.717) is 18.7 Å². The van der Waals surface area contributed by atoms with E-state index in [4.69, 9.17) is 0 Å². The second kappa shape index (κ2) is 9.07. The van der Waals surface area contributed by atoms with Crippen molar-refractivity contribution in [1.82, 2.24) is 5.01 Å². The summed E-state index contributed by atoms with van der Waals surface area (Å²) in [7, 11) is 0. The normalized spacial score (nSPS) is 20.3. The Labute approximate surface area is 198 Å². The second-order valence-corrected chi connectivity index (χ2v) is 8.77. The van der Waals surface area contributed by atoms with Crippen molar-refractivity contribution >= 4 is 17.1 Å². The Kier molecular flexibility index (Phi) is 6.17. The van der Waals surface area contributed by atoms with Crippen molar-refractivity contribution in [1.29, 1.82) is 0 Å². The fraction of sp³-hybridized carbons (Fsp3) is 0.231. The Morgan fingerprint density at radius 1 is 1.00 bits per heavy atom. The number of anilines is 1. The van der Waals surface area contributed by atoms with Crippen LogP contribution in [0.4, 0.5) is 17.1 Å². The number of non-ortho nitro benzene ring substituents is 1. The summed E-state index contributed by atoms with van der Waals surface area (Å²) in [4.78, 5) is 22.2. The molecule has 3 aromatic carbocycles. The molecule has 0 spiro atoms. The number of rotatable bonds is 7. The first-order chi connectivity index (χ1) is 16.2. The van der Waals surface area contributed by atoms with E-state index >= 15 is 0 Å². The third-order valence-corrected chi connectivity index (χ3v) is 6.56. The molecule has 1 saturated heterocycles. The molecule has 1 aliphatic heterocycles. The van der Waals surface area contributed by atoms with Gasteiger partial charge >= 0.3 is 5.69 Å². The Balaban J connectivity index is 1.93. The highest BCUT2D eigenvalue weighted by Gasteiger charge is 2.50. The van der Waals surface area contributed by atoms with Gasteiger partial charge in [-0.2, -0.15) is 0 Å². The monoisotopic (exact) mass is 458 g/mol. The zero-order valence-electron chi connectivity index (χ0n) is 19.1. The summed E-state index contributed by atoms with van der Waals surface area (Å²) in [5.74, 6) is 0. The summed E-state index contributed by atoms with van der Waals surface area (Å²) in [6, 6.07) is 23.6. The van der Waals surface area contributed by atoms with Crippen LogP contribution in [0.5, 0.6) is 0 Å². The van der Waals surface area contributed by atoms with Crippen LogP contribution in [-0.4, -0.2) is 20.4 Å². The third-order valence-electron chi connectivity index (χ3n) is 6.56. The smallest absolute Gasteiger partial charge is 0.288 e. The van der Waals surface area contributed by atoms with Gasteiger partial charge in [0.2, 0.25) is 0 Å². The molecule has 1 unspecified atom stereocenters. The van der Waals surface area contributed by atoms with Gasteiger partial charge in [0.1, 0.15) is 5.69 Å². The highest BCUT2D eigenvalue weighted by atomic mass is 16.6. The maximum absolute atomic E-state index is 12.1. The fourth-order valence-electron chi connectivity index (χ4n) is 4.62. The van der Waals surface area contributed by atoms with Crippen molar-refractivity contribution in [3.05, 3.63) is 122 Å². The van der Waals surface area contributed by atoms with E-state index in [1.54, 1.807) is 0 Å². The van der Waals surface area contributed by atoms with Gasteiger partial charge in [0, 0.05) is 12.6 Å². The quantitative estimate of drug-likeness (QED) is 0.237. The predicted octanol–water partition coefficient (Wildman–Crippen LogP) is 6.21. The average molecular weight is 459 g/mol. The largest absolute Gasteiger partial charge is 0.300 e. The van der Waals surface area contributed by atoms with E-state index in [1.165, 1.54) is 12.1 Å². The lowest BCUT2D eigenvalue weighted by atomic mass is 9.86. The van der Waals surface area contributed by atoms with Gasteiger partial charge in [0.25, 0.3) is 5.69 Å². The van der Waals surface area contributed by atoms with Crippen LogP contribution in [0, 0.1) is 20.2 Å². The van der Waals surface area contributed by atoms with E-state index in [9.17, 15) is 20.2 Å². The van der Waals surface area contributed by atoms with Gasteiger partial charge in [-0.1, -0.05) is 72.8 Å². The minimum Gasteiger partial charge on any atom is -0.288 e. The summed E-state index contributed by atoms with van der Waals surface area (Å²) in [5.41, 5.74) is 1.99. The van der Waals surface area contributed by atoms with Gasteiger partial charge in [-0.15, -0.1) is 0 Å². The molecule has 1 fully saturated rings. The van der Waals surface area contributed by atoms with Crippen LogP contribution in [0.15, 0.2) is 91.0 Å². The Morgan fingerprint density at radius 3 is 2.18 bits per heavy atom. The standard InChI is InChI=1S/C26H26N4O4/c1-19(2)26(3)17-25(21-12-8-5-9-13-21)27(18-20-10-6-4-7-11-20)28(26)23-15-14-22(29(31)32)16-24(23)30(33)34/h4-16,25H,1,17-18H2,2-3H3/t25?,26-/m0/s1. The summed E-state index contributed by atoms with van der Waals surface area (Å²) in [6.45, 7) is 8.66. The zero-order chi connectivity index (χ0) is 24.5. The summed E-state index contributed by atoms with van der Waals surface area (Å²) < 4.78 is 0. The van der Waals surface area contributed by atoms with Gasteiger partial charge in [-0.3, -0.25) is 25.2 Å². The van der Waals surface area contributed by atoms with Crippen LogP contribution in [0.1, 0.15) is 37.4 Å². The van der Waals surface area contributed by atoms with Crippen molar-refractivity contribution in [3.8, 4) is 0 Å². The van der Waals surface area contributed by atoms with Gasteiger partial charge < -0.3 is 0 Å². The molecule has 0 aromatic heterocycles. The van der Waals surface area contributed by atoms with Gasteiger partial charge in [-0.05, 0) is 37.5 Å². The molecule has 1 aliphatic rings. The molecule has 0 aliphatic carbocycles. The molecule has 3 aromatic rings. The minimum absolute atomic E-state index is 0.0853. The maximum atomic E-state index is 12.1. The van der Waals surface area contributed by atoms with Crippen LogP contribution in [0.2, 0.25) is 0 Å².